The van der Waals surface area contributed by atoms with Gasteiger partial charge in [0.2, 0.25) is 0 Å². The lowest BCUT2D eigenvalue weighted by Gasteiger charge is -2.18. The van der Waals surface area contributed by atoms with Crippen molar-refractivity contribution in [2.75, 3.05) is 0 Å². The molecule has 0 aromatic heterocycles. The largest absolute Gasteiger partial charge is 0.508 e. The lowest BCUT2D eigenvalue weighted by atomic mass is 9.86. The normalized spacial score (nSPS) is 10.9. The summed E-state index contributed by atoms with van der Waals surface area (Å²) in [7, 11) is 0. The zero-order chi connectivity index (χ0) is 20.6. The number of phenolic OH excluding ortho intramolecular Hbond substituents is 2. The van der Waals surface area contributed by atoms with Crippen LogP contribution in [-0.2, 0) is 0 Å². The lowest BCUT2D eigenvalue weighted by molar-refractivity contribution is 0.322. The van der Waals surface area contributed by atoms with Crippen LogP contribution in [0.3, 0.4) is 0 Å². The number of oxime groups is 1. The first kappa shape index (κ1) is 20.2. The van der Waals surface area contributed by atoms with Gasteiger partial charge in [0, 0.05) is 0 Å². The number of nitrogens with zero attached hydrogens (tertiary/aromatic N) is 1. The van der Waals surface area contributed by atoms with Crippen LogP contribution < -0.4 is 0 Å². The molecule has 0 unspecified atom stereocenters. The highest BCUT2D eigenvalue weighted by Gasteiger charge is 2.14. The molecular formula is C25H25NO3. The van der Waals surface area contributed by atoms with Crippen molar-refractivity contribution >= 4 is 17.4 Å². The minimum atomic E-state index is 0.224. The van der Waals surface area contributed by atoms with E-state index in [-0.39, 0.29) is 11.5 Å². The van der Waals surface area contributed by atoms with Crippen LogP contribution in [-0.4, -0.2) is 21.6 Å². The fourth-order valence-electron chi connectivity index (χ4n) is 3.38. The van der Waals surface area contributed by atoms with E-state index in [0.717, 1.165) is 47.1 Å². The summed E-state index contributed by atoms with van der Waals surface area (Å²) in [6.07, 6.45) is 4.40. The topological polar surface area (TPSA) is 73.0 Å². The van der Waals surface area contributed by atoms with Crippen molar-refractivity contribution in [1.82, 2.24) is 0 Å². The summed E-state index contributed by atoms with van der Waals surface area (Å²) < 4.78 is 0. The Morgan fingerprint density at radius 2 is 1.24 bits per heavy atom. The number of hydrogen-bond donors (Lipinski definition) is 3. The van der Waals surface area contributed by atoms with Crippen molar-refractivity contribution in [3.05, 3.63) is 95.1 Å². The molecule has 0 amide bonds. The summed E-state index contributed by atoms with van der Waals surface area (Å²) in [4.78, 5) is 0. The zero-order valence-electron chi connectivity index (χ0n) is 16.4. The Labute approximate surface area is 171 Å². The molecule has 4 heteroatoms. The lowest BCUT2D eigenvalue weighted by Crippen LogP contribution is -1.96. The summed E-state index contributed by atoms with van der Waals surface area (Å²) in [6.45, 7) is 2.17. The fourth-order valence-corrected chi connectivity index (χ4v) is 3.38. The zero-order valence-corrected chi connectivity index (χ0v) is 16.4. The van der Waals surface area contributed by atoms with Gasteiger partial charge in [0.25, 0.3) is 0 Å². The van der Waals surface area contributed by atoms with Gasteiger partial charge in [-0.15, -0.1) is 0 Å². The molecule has 3 rings (SSSR count). The number of allylic oxidation sites excluding steroid dienone is 1. The maximum Gasteiger partial charge on any atom is 0.115 e. The molecule has 3 aromatic carbocycles. The average molecular weight is 387 g/mol. The number of unbranched alkanes of at least 4 members (excludes halogenated alkanes) is 1. The Hall–Kier alpha value is -3.53. The molecule has 0 saturated carbocycles. The first-order valence-electron chi connectivity index (χ1n) is 9.72. The number of hydrogen-bond acceptors (Lipinski definition) is 4. The molecular weight excluding hydrogens is 362 g/mol. The predicted octanol–water partition coefficient (Wildman–Crippen LogP) is 6.06. The molecule has 29 heavy (non-hydrogen) atoms. The number of aromatic hydroxyl groups is 2. The maximum absolute atomic E-state index is 9.74. The van der Waals surface area contributed by atoms with E-state index in [4.69, 9.17) is 5.21 Å². The summed E-state index contributed by atoms with van der Waals surface area (Å²) in [5.74, 6) is 0.447. The van der Waals surface area contributed by atoms with Gasteiger partial charge in [-0.2, -0.15) is 0 Å². The standard InChI is InChI=1S/C25H25NO3/c1-2-3-4-24(19-7-5-18(6-8-19)17-26-29)25(20-9-13-22(27)14-10-20)21-11-15-23(28)16-12-21/h5-17,27-29H,2-4H2,1H3. The van der Waals surface area contributed by atoms with E-state index in [1.165, 1.54) is 11.8 Å². The highest BCUT2D eigenvalue weighted by atomic mass is 16.4. The van der Waals surface area contributed by atoms with E-state index in [2.05, 4.69) is 12.1 Å². The quantitative estimate of drug-likeness (QED) is 0.200. The molecule has 0 fully saturated rings. The number of benzene rings is 3. The molecule has 0 heterocycles. The van der Waals surface area contributed by atoms with Gasteiger partial charge >= 0.3 is 0 Å². The fraction of sp³-hybridized carbons (Fsp3) is 0.160. The van der Waals surface area contributed by atoms with Gasteiger partial charge in [0.05, 0.1) is 6.21 Å². The van der Waals surface area contributed by atoms with Gasteiger partial charge in [0.1, 0.15) is 11.5 Å². The van der Waals surface area contributed by atoms with Gasteiger partial charge in [-0.05, 0) is 70.5 Å². The van der Waals surface area contributed by atoms with Crippen molar-refractivity contribution in [3.63, 3.8) is 0 Å². The van der Waals surface area contributed by atoms with E-state index in [1.54, 1.807) is 24.3 Å². The Bertz CT molecular complexity index is 938. The number of rotatable bonds is 7. The van der Waals surface area contributed by atoms with Crippen LogP contribution in [0.15, 0.2) is 78.0 Å². The van der Waals surface area contributed by atoms with Crippen LogP contribution in [0.4, 0.5) is 0 Å². The molecule has 0 aliphatic rings. The molecule has 0 aliphatic carbocycles. The second-order valence-electron chi connectivity index (χ2n) is 6.92. The molecule has 3 N–H and O–H groups in total. The summed E-state index contributed by atoms with van der Waals surface area (Å²) in [5.41, 5.74) is 6.17. The van der Waals surface area contributed by atoms with Crippen molar-refractivity contribution in [1.29, 1.82) is 0 Å². The minimum Gasteiger partial charge on any atom is -0.508 e. The third-order valence-corrected chi connectivity index (χ3v) is 4.86. The van der Waals surface area contributed by atoms with Gasteiger partial charge < -0.3 is 15.4 Å². The smallest absolute Gasteiger partial charge is 0.115 e. The van der Waals surface area contributed by atoms with E-state index < -0.39 is 0 Å². The summed E-state index contributed by atoms with van der Waals surface area (Å²) in [6, 6.07) is 22.3. The van der Waals surface area contributed by atoms with Gasteiger partial charge in [0.15, 0.2) is 0 Å². The molecule has 148 valence electrons. The Morgan fingerprint density at radius 1 is 0.759 bits per heavy atom. The van der Waals surface area contributed by atoms with E-state index >= 15 is 0 Å². The molecule has 0 atom stereocenters. The van der Waals surface area contributed by atoms with Crippen LogP contribution in [0.2, 0.25) is 0 Å². The van der Waals surface area contributed by atoms with Gasteiger partial charge in [-0.3, -0.25) is 0 Å². The molecule has 3 aromatic rings. The van der Waals surface area contributed by atoms with Crippen molar-refractivity contribution in [3.8, 4) is 11.5 Å². The Kier molecular flexibility index (Phi) is 6.69. The molecule has 0 spiro atoms. The highest BCUT2D eigenvalue weighted by molar-refractivity contribution is 5.99. The minimum absolute atomic E-state index is 0.224. The van der Waals surface area contributed by atoms with E-state index in [1.807, 2.05) is 48.5 Å². The summed E-state index contributed by atoms with van der Waals surface area (Å²) >= 11 is 0. The third kappa shape index (κ3) is 5.05. The van der Waals surface area contributed by atoms with Crippen LogP contribution in [0.1, 0.15) is 48.4 Å². The van der Waals surface area contributed by atoms with Crippen LogP contribution in [0.25, 0.3) is 11.1 Å². The van der Waals surface area contributed by atoms with Crippen LogP contribution in [0.5, 0.6) is 11.5 Å². The first-order chi connectivity index (χ1) is 14.1. The summed E-state index contributed by atoms with van der Waals surface area (Å²) in [5, 5.41) is 31.3. The second kappa shape index (κ2) is 9.60. The third-order valence-electron chi connectivity index (χ3n) is 4.86. The van der Waals surface area contributed by atoms with Crippen molar-refractivity contribution in [2.24, 2.45) is 5.16 Å². The van der Waals surface area contributed by atoms with Gasteiger partial charge in [-0.1, -0.05) is 67.0 Å². The predicted molar refractivity (Wildman–Crippen MR) is 117 cm³/mol. The molecule has 4 nitrogen and oxygen atoms in total. The van der Waals surface area contributed by atoms with Crippen LogP contribution >= 0.6 is 0 Å². The molecule has 0 radical (unpaired) electrons. The molecule has 0 aliphatic heterocycles. The highest BCUT2D eigenvalue weighted by Crippen LogP contribution is 2.36. The maximum atomic E-state index is 9.74. The Balaban J connectivity index is 2.22. The Morgan fingerprint density at radius 3 is 1.69 bits per heavy atom. The number of phenols is 2. The second-order valence-corrected chi connectivity index (χ2v) is 6.92. The monoisotopic (exact) mass is 387 g/mol. The van der Waals surface area contributed by atoms with Crippen molar-refractivity contribution < 1.29 is 15.4 Å². The van der Waals surface area contributed by atoms with E-state index in [9.17, 15) is 10.2 Å². The van der Waals surface area contributed by atoms with E-state index in [0.29, 0.717) is 0 Å². The van der Waals surface area contributed by atoms with Crippen LogP contribution in [0, 0.1) is 0 Å². The van der Waals surface area contributed by atoms with Crippen molar-refractivity contribution in [2.45, 2.75) is 26.2 Å². The molecule has 0 bridgehead atoms. The SMILES string of the molecule is CCCCC(=C(c1ccc(O)cc1)c1ccc(O)cc1)c1ccc(C=NO)cc1. The average Bonchev–Trinajstić information content (AvgIpc) is 2.74. The molecule has 0 saturated heterocycles. The van der Waals surface area contributed by atoms with Gasteiger partial charge in [-0.25, -0.2) is 0 Å². The first-order valence-corrected chi connectivity index (χ1v) is 9.72.